The molecule has 1 aliphatic rings. The predicted molar refractivity (Wildman–Crippen MR) is 91.4 cm³/mol. The molecular formula is C17H31N3S. The Kier molecular flexibility index (Phi) is 6.20. The molecule has 1 aromatic heterocycles. The van der Waals surface area contributed by atoms with Crippen LogP contribution in [-0.2, 0) is 11.8 Å². The third kappa shape index (κ3) is 5.04. The van der Waals surface area contributed by atoms with Crippen molar-refractivity contribution in [2.75, 3.05) is 0 Å². The van der Waals surface area contributed by atoms with Gasteiger partial charge in [-0.25, -0.2) is 4.98 Å². The van der Waals surface area contributed by atoms with Crippen LogP contribution < -0.4 is 11.3 Å². The van der Waals surface area contributed by atoms with Crippen LogP contribution in [0.5, 0.6) is 0 Å². The Morgan fingerprint density at radius 3 is 2.38 bits per heavy atom. The molecule has 1 aromatic rings. The van der Waals surface area contributed by atoms with Crippen LogP contribution >= 0.6 is 11.3 Å². The summed E-state index contributed by atoms with van der Waals surface area (Å²) in [5, 5.41) is 3.44. The lowest BCUT2D eigenvalue weighted by molar-refractivity contribution is 0.285. The minimum Gasteiger partial charge on any atom is -0.271 e. The van der Waals surface area contributed by atoms with Crippen molar-refractivity contribution in [2.45, 2.75) is 83.6 Å². The predicted octanol–water partition coefficient (Wildman–Crippen LogP) is 4.18. The highest BCUT2D eigenvalue weighted by Gasteiger charge is 2.24. The van der Waals surface area contributed by atoms with E-state index in [4.69, 9.17) is 10.8 Å². The fraction of sp³-hybridized carbons (Fsp3) is 0.824. The Morgan fingerprint density at radius 1 is 1.24 bits per heavy atom. The van der Waals surface area contributed by atoms with Gasteiger partial charge in [0.1, 0.15) is 0 Å². The number of nitrogens with zero attached hydrogens (tertiary/aromatic N) is 1. The van der Waals surface area contributed by atoms with Crippen LogP contribution in [0.2, 0.25) is 0 Å². The van der Waals surface area contributed by atoms with E-state index in [0.29, 0.717) is 12.0 Å². The molecule has 1 unspecified atom stereocenters. The summed E-state index contributed by atoms with van der Waals surface area (Å²) in [4.78, 5) is 4.83. The molecule has 0 spiro atoms. The summed E-state index contributed by atoms with van der Waals surface area (Å²) in [7, 11) is 0. The molecule has 1 atom stereocenters. The summed E-state index contributed by atoms with van der Waals surface area (Å²) in [6.07, 6.45) is 10.5. The number of nitrogens with two attached hydrogens (primary N) is 1. The number of hydrogen-bond acceptors (Lipinski definition) is 4. The second-order valence-electron chi connectivity index (χ2n) is 7.46. The standard InChI is InChI=1S/C17H31N3S/c1-17(2,3)15-12-21-16(19-15)11-14(20-18)13-9-7-5-4-6-8-10-13/h12-14,20H,4-11,18H2,1-3H3. The number of hydrazine groups is 1. The molecule has 1 saturated carbocycles. The van der Waals surface area contributed by atoms with E-state index >= 15 is 0 Å². The molecule has 21 heavy (non-hydrogen) atoms. The Labute approximate surface area is 133 Å². The Morgan fingerprint density at radius 2 is 1.86 bits per heavy atom. The average molecular weight is 310 g/mol. The second kappa shape index (κ2) is 7.70. The van der Waals surface area contributed by atoms with Crippen LogP contribution in [-0.4, -0.2) is 11.0 Å². The van der Waals surface area contributed by atoms with Gasteiger partial charge in [-0.2, -0.15) is 0 Å². The molecule has 120 valence electrons. The van der Waals surface area contributed by atoms with Gasteiger partial charge >= 0.3 is 0 Å². The van der Waals surface area contributed by atoms with Crippen LogP contribution in [0.4, 0.5) is 0 Å². The van der Waals surface area contributed by atoms with Crippen LogP contribution in [0.3, 0.4) is 0 Å². The highest BCUT2D eigenvalue weighted by molar-refractivity contribution is 7.09. The van der Waals surface area contributed by atoms with Crippen molar-refractivity contribution >= 4 is 11.3 Å². The lowest BCUT2D eigenvalue weighted by Gasteiger charge is -2.27. The van der Waals surface area contributed by atoms with Gasteiger partial charge in [-0.1, -0.05) is 52.9 Å². The summed E-state index contributed by atoms with van der Waals surface area (Å²) in [5.74, 6) is 6.57. The van der Waals surface area contributed by atoms with Gasteiger partial charge < -0.3 is 0 Å². The lowest BCUT2D eigenvalue weighted by Crippen LogP contribution is -2.42. The van der Waals surface area contributed by atoms with E-state index in [1.54, 1.807) is 11.3 Å². The molecule has 3 N–H and O–H groups in total. The monoisotopic (exact) mass is 309 g/mol. The molecule has 2 rings (SSSR count). The first-order valence-electron chi connectivity index (χ1n) is 8.41. The van der Waals surface area contributed by atoms with Crippen molar-refractivity contribution in [1.29, 1.82) is 0 Å². The zero-order chi connectivity index (χ0) is 15.3. The normalized spacial score (nSPS) is 20.0. The van der Waals surface area contributed by atoms with Gasteiger partial charge in [0.05, 0.1) is 10.7 Å². The second-order valence-corrected chi connectivity index (χ2v) is 8.40. The quantitative estimate of drug-likeness (QED) is 0.648. The van der Waals surface area contributed by atoms with Crippen LogP contribution in [0.15, 0.2) is 5.38 Å². The maximum Gasteiger partial charge on any atom is 0.0944 e. The maximum absolute atomic E-state index is 5.86. The van der Waals surface area contributed by atoms with Gasteiger partial charge in [-0.3, -0.25) is 11.3 Å². The fourth-order valence-electron chi connectivity index (χ4n) is 3.19. The molecular weight excluding hydrogens is 278 g/mol. The summed E-state index contributed by atoms with van der Waals surface area (Å²) >= 11 is 1.79. The average Bonchev–Trinajstić information content (AvgIpc) is 2.85. The third-order valence-electron chi connectivity index (χ3n) is 4.65. The van der Waals surface area contributed by atoms with E-state index in [2.05, 4.69) is 31.6 Å². The summed E-state index contributed by atoms with van der Waals surface area (Å²) in [6, 6.07) is 0.377. The molecule has 0 bridgehead atoms. The Balaban J connectivity index is 1.99. The van der Waals surface area contributed by atoms with Gasteiger partial charge in [-0.15, -0.1) is 11.3 Å². The van der Waals surface area contributed by atoms with Gasteiger partial charge in [0, 0.05) is 23.3 Å². The highest BCUT2D eigenvalue weighted by Crippen LogP contribution is 2.28. The van der Waals surface area contributed by atoms with Crippen molar-refractivity contribution in [3.8, 4) is 0 Å². The first kappa shape index (κ1) is 16.9. The van der Waals surface area contributed by atoms with Crippen LogP contribution in [0.1, 0.15) is 76.4 Å². The van der Waals surface area contributed by atoms with Crippen molar-refractivity contribution in [3.63, 3.8) is 0 Å². The smallest absolute Gasteiger partial charge is 0.0944 e. The number of nitrogens with one attached hydrogen (secondary N) is 1. The zero-order valence-corrected chi connectivity index (χ0v) is 14.6. The molecule has 0 aromatic carbocycles. The molecule has 1 aliphatic carbocycles. The van der Waals surface area contributed by atoms with Crippen LogP contribution in [0.25, 0.3) is 0 Å². The molecule has 0 saturated heterocycles. The van der Waals surface area contributed by atoms with Gasteiger partial charge in [-0.05, 0) is 18.8 Å². The maximum atomic E-state index is 5.86. The minimum absolute atomic E-state index is 0.140. The lowest BCUT2D eigenvalue weighted by atomic mass is 9.85. The molecule has 3 nitrogen and oxygen atoms in total. The van der Waals surface area contributed by atoms with Gasteiger partial charge in [0.25, 0.3) is 0 Å². The first-order chi connectivity index (χ1) is 10.0. The number of thiazole rings is 1. The molecule has 1 fully saturated rings. The van der Waals surface area contributed by atoms with E-state index in [-0.39, 0.29) is 5.41 Å². The van der Waals surface area contributed by atoms with E-state index in [9.17, 15) is 0 Å². The SMILES string of the molecule is CC(C)(C)c1csc(CC(NN)C2CCCCCCC2)n1. The van der Waals surface area contributed by atoms with Gasteiger partial charge in [0.15, 0.2) is 0 Å². The topological polar surface area (TPSA) is 50.9 Å². The van der Waals surface area contributed by atoms with Gasteiger partial charge in [0.2, 0.25) is 0 Å². The summed E-state index contributed by atoms with van der Waals surface area (Å²) < 4.78 is 0. The third-order valence-corrected chi connectivity index (χ3v) is 5.52. The largest absolute Gasteiger partial charge is 0.271 e. The van der Waals surface area contributed by atoms with Crippen molar-refractivity contribution in [1.82, 2.24) is 10.4 Å². The summed E-state index contributed by atoms with van der Waals surface area (Å²) in [6.45, 7) is 6.66. The molecule has 0 radical (unpaired) electrons. The van der Waals surface area contributed by atoms with Crippen molar-refractivity contribution < 1.29 is 0 Å². The van der Waals surface area contributed by atoms with E-state index in [1.165, 1.54) is 55.6 Å². The van der Waals surface area contributed by atoms with Crippen molar-refractivity contribution in [2.24, 2.45) is 11.8 Å². The van der Waals surface area contributed by atoms with Crippen LogP contribution in [0, 0.1) is 5.92 Å². The Bertz CT molecular complexity index is 414. The Hall–Kier alpha value is -0.450. The molecule has 4 heteroatoms. The minimum atomic E-state index is 0.140. The number of rotatable bonds is 4. The zero-order valence-electron chi connectivity index (χ0n) is 13.8. The highest BCUT2D eigenvalue weighted by atomic mass is 32.1. The summed E-state index contributed by atoms with van der Waals surface area (Å²) in [5.41, 5.74) is 4.43. The van der Waals surface area contributed by atoms with Crippen molar-refractivity contribution in [3.05, 3.63) is 16.1 Å². The van der Waals surface area contributed by atoms with E-state index in [1.807, 2.05) is 0 Å². The molecule has 0 amide bonds. The van der Waals surface area contributed by atoms with E-state index in [0.717, 1.165) is 6.42 Å². The first-order valence-corrected chi connectivity index (χ1v) is 9.29. The number of aromatic nitrogens is 1. The molecule has 0 aliphatic heterocycles. The fourth-order valence-corrected chi connectivity index (χ4v) is 4.27. The molecule has 1 heterocycles. The van der Waals surface area contributed by atoms with E-state index < -0.39 is 0 Å². The number of hydrogen-bond donors (Lipinski definition) is 2.